The number of carboxylic acid groups (broad SMARTS) is 1. The van der Waals surface area contributed by atoms with Crippen molar-refractivity contribution < 1.29 is 19.5 Å². The summed E-state index contributed by atoms with van der Waals surface area (Å²) in [5.41, 5.74) is 5.50. The predicted octanol–water partition coefficient (Wildman–Crippen LogP) is 2.52. The number of nitrogens with one attached hydrogen (secondary N) is 1. The van der Waals surface area contributed by atoms with Crippen LogP contribution in [-0.2, 0) is 14.4 Å². The molecule has 0 radical (unpaired) electrons. The normalized spacial score (nSPS) is 12.7. The lowest BCUT2D eigenvalue weighted by Crippen LogP contribution is -2.41. The van der Waals surface area contributed by atoms with Gasteiger partial charge in [0.15, 0.2) is 0 Å². The Bertz CT molecular complexity index is 419. The van der Waals surface area contributed by atoms with Crippen LogP contribution in [0.15, 0.2) is 11.6 Å². The van der Waals surface area contributed by atoms with Gasteiger partial charge in [0.25, 0.3) is 0 Å². The predicted molar refractivity (Wildman–Crippen MR) is 89.7 cm³/mol. The number of rotatable bonds is 13. The number of primary amides is 1. The minimum absolute atomic E-state index is 0.00111. The van der Waals surface area contributed by atoms with Crippen molar-refractivity contribution in [1.29, 1.82) is 0 Å². The molecule has 0 bridgehead atoms. The molecule has 0 aromatic carbocycles. The lowest BCUT2D eigenvalue weighted by molar-refractivity contribution is -0.141. The molecule has 0 unspecified atom stereocenters. The van der Waals surface area contributed by atoms with Crippen LogP contribution < -0.4 is 11.1 Å². The smallest absolute Gasteiger partial charge is 0.326 e. The van der Waals surface area contributed by atoms with Crippen LogP contribution >= 0.6 is 0 Å². The zero-order valence-corrected chi connectivity index (χ0v) is 14.3. The van der Waals surface area contributed by atoms with E-state index in [-0.39, 0.29) is 12.8 Å². The lowest BCUT2D eigenvalue weighted by atomic mass is 10.1. The van der Waals surface area contributed by atoms with Gasteiger partial charge in [-0.05, 0) is 26.2 Å². The standard InChI is InChI=1S/C17H30N2O4/c1-3-4-5-6-7-8-9-10-13(2)16(21)19-14(17(22)23)11-12-15(18)20/h10,14H,3-9,11-12H2,1-2H3,(H2,18,20)(H,19,21)(H,22,23)/t14-/m0/s1. The van der Waals surface area contributed by atoms with Gasteiger partial charge >= 0.3 is 5.97 Å². The maximum atomic E-state index is 11.9. The number of carboxylic acids is 1. The highest BCUT2D eigenvalue weighted by Gasteiger charge is 2.20. The van der Waals surface area contributed by atoms with Crippen LogP contribution in [0.25, 0.3) is 0 Å². The summed E-state index contributed by atoms with van der Waals surface area (Å²) in [5.74, 6) is -2.16. The number of carbonyl (C=O) groups excluding carboxylic acids is 2. The van der Waals surface area contributed by atoms with Crippen LogP contribution in [0.3, 0.4) is 0 Å². The summed E-state index contributed by atoms with van der Waals surface area (Å²) in [5, 5.41) is 11.5. The molecule has 4 N–H and O–H groups in total. The molecule has 0 saturated heterocycles. The molecule has 1 atom stereocenters. The van der Waals surface area contributed by atoms with Crippen LogP contribution in [0, 0.1) is 0 Å². The Morgan fingerprint density at radius 1 is 1.13 bits per heavy atom. The second kappa shape index (κ2) is 12.7. The average molecular weight is 326 g/mol. The third-order valence-corrected chi connectivity index (χ3v) is 3.65. The molecule has 132 valence electrons. The summed E-state index contributed by atoms with van der Waals surface area (Å²) in [4.78, 5) is 33.7. The first-order valence-electron chi connectivity index (χ1n) is 8.37. The Balaban J connectivity index is 4.16. The third-order valence-electron chi connectivity index (χ3n) is 3.65. The topological polar surface area (TPSA) is 109 Å². The highest BCUT2D eigenvalue weighted by Crippen LogP contribution is 2.09. The van der Waals surface area contributed by atoms with Crippen LogP contribution in [-0.4, -0.2) is 28.9 Å². The Kier molecular flexibility index (Phi) is 11.7. The largest absolute Gasteiger partial charge is 0.480 e. The fraction of sp³-hybridized carbons (Fsp3) is 0.706. The lowest BCUT2D eigenvalue weighted by Gasteiger charge is -2.14. The van der Waals surface area contributed by atoms with Crippen molar-refractivity contribution in [2.45, 2.75) is 77.7 Å². The average Bonchev–Trinajstić information content (AvgIpc) is 2.49. The first-order chi connectivity index (χ1) is 10.9. The number of carbonyl (C=O) groups is 3. The van der Waals surface area contributed by atoms with Crippen LogP contribution in [0.4, 0.5) is 0 Å². The number of hydrogen-bond donors (Lipinski definition) is 3. The first kappa shape index (κ1) is 21.1. The number of amides is 2. The van der Waals surface area contributed by atoms with Crippen molar-refractivity contribution >= 4 is 17.8 Å². The van der Waals surface area contributed by atoms with Gasteiger partial charge in [0.05, 0.1) is 0 Å². The summed E-state index contributed by atoms with van der Waals surface area (Å²) >= 11 is 0. The van der Waals surface area contributed by atoms with E-state index in [1.807, 2.05) is 6.08 Å². The Morgan fingerprint density at radius 3 is 2.30 bits per heavy atom. The molecule has 0 fully saturated rings. The van der Waals surface area contributed by atoms with E-state index in [0.29, 0.717) is 5.57 Å². The van der Waals surface area contributed by atoms with Gasteiger partial charge in [-0.15, -0.1) is 0 Å². The number of aliphatic carboxylic acids is 1. The van der Waals surface area contributed by atoms with Gasteiger partial charge in [0.1, 0.15) is 6.04 Å². The van der Waals surface area contributed by atoms with E-state index in [4.69, 9.17) is 10.8 Å². The van der Waals surface area contributed by atoms with E-state index in [9.17, 15) is 14.4 Å². The maximum absolute atomic E-state index is 11.9. The highest BCUT2D eigenvalue weighted by molar-refractivity contribution is 5.95. The molecule has 0 aliphatic carbocycles. The molecule has 0 saturated carbocycles. The molecule has 2 amide bonds. The SMILES string of the molecule is CCCCCCCCC=C(C)C(=O)N[C@@H](CCC(N)=O)C(=O)O. The summed E-state index contributed by atoms with van der Waals surface area (Å²) in [7, 11) is 0. The second-order valence-electron chi connectivity index (χ2n) is 5.81. The van der Waals surface area contributed by atoms with Gasteiger partial charge in [0.2, 0.25) is 11.8 Å². The van der Waals surface area contributed by atoms with E-state index >= 15 is 0 Å². The van der Waals surface area contributed by atoms with Gasteiger partial charge < -0.3 is 16.2 Å². The van der Waals surface area contributed by atoms with Crippen LogP contribution in [0.2, 0.25) is 0 Å². The first-order valence-corrected chi connectivity index (χ1v) is 8.37. The van der Waals surface area contributed by atoms with Gasteiger partial charge in [-0.25, -0.2) is 4.79 Å². The van der Waals surface area contributed by atoms with Crippen molar-refractivity contribution in [2.24, 2.45) is 5.73 Å². The van der Waals surface area contributed by atoms with Crippen molar-refractivity contribution in [2.75, 3.05) is 0 Å². The summed E-state index contributed by atoms with van der Waals surface area (Å²) in [6.45, 7) is 3.85. The molecular weight excluding hydrogens is 296 g/mol. The van der Waals surface area contributed by atoms with Gasteiger partial charge in [-0.1, -0.05) is 45.1 Å². The fourth-order valence-corrected chi connectivity index (χ4v) is 2.15. The van der Waals surface area contributed by atoms with Crippen LogP contribution in [0.5, 0.6) is 0 Å². The quantitative estimate of drug-likeness (QED) is 0.357. The zero-order chi connectivity index (χ0) is 17.7. The van der Waals surface area contributed by atoms with Gasteiger partial charge in [-0.3, -0.25) is 9.59 Å². The van der Waals surface area contributed by atoms with Crippen molar-refractivity contribution in [3.8, 4) is 0 Å². The highest BCUT2D eigenvalue weighted by atomic mass is 16.4. The maximum Gasteiger partial charge on any atom is 0.326 e. The number of nitrogens with two attached hydrogens (primary N) is 1. The molecule has 6 heteroatoms. The minimum atomic E-state index is -1.16. The summed E-state index contributed by atoms with van der Waals surface area (Å²) < 4.78 is 0. The van der Waals surface area contributed by atoms with E-state index < -0.39 is 23.8 Å². The summed E-state index contributed by atoms with van der Waals surface area (Å²) in [6, 6.07) is -1.09. The number of unbranched alkanes of at least 4 members (excludes halogenated alkanes) is 6. The van der Waals surface area contributed by atoms with E-state index in [0.717, 1.165) is 19.3 Å². The van der Waals surface area contributed by atoms with E-state index in [2.05, 4.69) is 12.2 Å². The Hall–Kier alpha value is -1.85. The van der Waals surface area contributed by atoms with Crippen LogP contribution in [0.1, 0.15) is 71.6 Å². The van der Waals surface area contributed by atoms with Crippen molar-refractivity contribution in [3.05, 3.63) is 11.6 Å². The summed E-state index contributed by atoms with van der Waals surface area (Å²) in [6.07, 6.45) is 9.69. The molecule has 0 aromatic heterocycles. The number of allylic oxidation sites excluding steroid dienone is 1. The molecule has 0 aliphatic heterocycles. The Morgan fingerprint density at radius 2 is 1.74 bits per heavy atom. The molecule has 0 rings (SSSR count). The third kappa shape index (κ3) is 11.4. The van der Waals surface area contributed by atoms with E-state index in [1.165, 1.54) is 25.7 Å². The van der Waals surface area contributed by atoms with Crippen molar-refractivity contribution in [3.63, 3.8) is 0 Å². The number of hydrogen-bond acceptors (Lipinski definition) is 3. The molecule has 0 spiro atoms. The minimum Gasteiger partial charge on any atom is -0.480 e. The molecule has 23 heavy (non-hydrogen) atoms. The zero-order valence-electron chi connectivity index (χ0n) is 14.3. The molecule has 0 aromatic rings. The fourth-order valence-electron chi connectivity index (χ4n) is 2.15. The molecular formula is C17H30N2O4. The molecule has 0 heterocycles. The Labute approximate surface area is 138 Å². The van der Waals surface area contributed by atoms with Gasteiger partial charge in [-0.2, -0.15) is 0 Å². The van der Waals surface area contributed by atoms with Gasteiger partial charge in [0, 0.05) is 12.0 Å². The van der Waals surface area contributed by atoms with E-state index in [1.54, 1.807) is 6.92 Å². The second-order valence-corrected chi connectivity index (χ2v) is 5.81. The molecule has 6 nitrogen and oxygen atoms in total. The monoisotopic (exact) mass is 326 g/mol. The van der Waals surface area contributed by atoms with Crippen molar-refractivity contribution in [1.82, 2.24) is 5.32 Å². The molecule has 0 aliphatic rings.